The SMILES string of the molecule is CCNC(CC)c1cncc(-c2cccs2)c1. The summed E-state index contributed by atoms with van der Waals surface area (Å²) < 4.78 is 0. The average Bonchev–Trinajstić information content (AvgIpc) is 2.90. The molecule has 1 unspecified atom stereocenters. The van der Waals surface area contributed by atoms with E-state index < -0.39 is 0 Å². The molecule has 0 spiro atoms. The summed E-state index contributed by atoms with van der Waals surface area (Å²) in [5.41, 5.74) is 2.49. The molecule has 90 valence electrons. The predicted octanol–water partition coefficient (Wildman–Crippen LogP) is 3.87. The Kier molecular flexibility index (Phi) is 4.29. The van der Waals surface area contributed by atoms with E-state index in [2.05, 4.69) is 47.7 Å². The van der Waals surface area contributed by atoms with Gasteiger partial charge in [0.15, 0.2) is 0 Å². The molecule has 3 heteroatoms. The van der Waals surface area contributed by atoms with Crippen molar-refractivity contribution < 1.29 is 0 Å². The van der Waals surface area contributed by atoms with Gasteiger partial charge in [-0.2, -0.15) is 0 Å². The van der Waals surface area contributed by atoms with Crippen LogP contribution in [0, 0.1) is 0 Å². The number of nitrogens with one attached hydrogen (secondary N) is 1. The summed E-state index contributed by atoms with van der Waals surface area (Å²) in [6, 6.07) is 6.87. The summed E-state index contributed by atoms with van der Waals surface area (Å²) in [7, 11) is 0. The number of thiophene rings is 1. The van der Waals surface area contributed by atoms with Crippen molar-refractivity contribution in [3.05, 3.63) is 41.5 Å². The van der Waals surface area contributed by atoms with Gasteiger partial charge in [-0.25, -0.2) is 0 Å². The molecule has 0 amide bonds. The number of nitrogens with zero attached hydrogens (tertiary/aromatic N) is 1. The smallest absolute Gasteiger partial charge is 0.0358 e. The van der Waals surface area contributed by atoms with Crippen molar-refractivity contribution in [3.8, 4) is 10.4 Å². The maximum Gasteiger partial charge on any atom is 0.0358 e. The third-order valence-electron chi connectivity index (χ3n) is 2.83. The summed E-state index contributed by atoms with van der Waals surface area (Å²) in [5.74, 6) is 0. The van der Waals surface area contributed by atoms with E-state index in [1.165, 1.54) is 16.0 Å². The van der Waals surface area contributed by atoms with Gasteiger partial charge in [-0.3, -0.25) is 4.98 Å². The predicted molar refractivity (Wildman–Crippen MR) is 74.3 cm³/mol. The standard InChI is InChI=1S/C14H18N2S/c1-3-13(16-4-2)11-8-12(10-15-9-11)14-6-5-7-17-14/h5-10,13,16H,3-4H2,1-2H3. The number of rotatable bonds is 5. The van der Waals surface area contributed by atoms with Crippen LogP contribution in [0.2, 0.25) is 0 Å². The summed E-state index contributed by atoms with van der Waals surface area (Å²) in [6.45, 7) is 5.33. The van der Waals surface area contributed by atoms with E-state index in [0.29, 0.717) is 6.04 Å². The summed E-state index contributed by atoms with van der Waals surface area (Å²) in [4.78, 5) is 5.64. The average molecular weight is 246 g/mol. The molecule has 0 aliphatic heterocycles. The molecule has 2 rings (SSSR count). The third kappa shape index (κ3) is 2.93. The summed E-state index contributed by atoms with van der Waals surface area (Å²) in [6.07, 6.45) is 4.99. The van der Waals surface area contributed by atoms with Crippen molar-refractivity contribution in [2.75, 3.05) is 6.54 Å². The molecule has 2 aromatic heterocycles. The van der Waals surface area contributed by atoms with Crippen LogP contribution in [0.1, 0.15) is 31.9 Å². The number of pyridine rings is 1. The monoisotopic (exact) mass is 246 g/mol. The molecule has 0 aromatic carbocycles. The fraction of sp³-hybridized carbons (Fsp3) is 0.357. The van der Waals surface area contributed by atoms with Crippen molar-refractivity contribution in [2.24, 2.45) is 0 Å². The molecule has 2 heterocycles. The Hall–Kier alpha value is -1.19. The molecule has 0 saturated heterocycles. The lowest BCUT2D eigenvalue weighted by atomic mass is 10.0. The Morgan fingerprint density at radius 1 is 1.35 bits per heavy atom. The van der Waals surface area contributed by atoms with Crippen LogP contribution in [0.3, 0.4) is 0 Å². The molecule has 1 atom stereocenters. The Labute approximate surface area is 107 Å². The Bertz CT molecular complexity index is 451. The van der Waals surface area contributed by atoms with Crippen molar-refractivity contribution >= 4 is 11.3 Å². The van der Waals surface area contributed by atoms with Gasteiger partial charge in [-0.15, -0.1) is 11.3 Å². The minimum Gasteiger partial charge on any atom is -0.310 e. The van der Waals surface area contributed by atoms with Crippen LogP contribution in [0.25, 0.3) is 10.4 Å². The van der Waals surface area contributed by atoms with Gasteiger partial charge >= 0.3 is 0 Å². The van der Waals surface area contributed by atoms with Gasteiger partial charge in [-0.1, -0.05) is 19.9 Å². The van der Waals surface area contributed by atoms with Crippen LogP contribution in [-0.4, -0.2) is 11.5 Å². The lowest BCUT2D eigenvalue weighted by molar-refractivity contribution is 0.536. The molecule has 0 fully saturated rings. The minimum atomic E-state index is 0.410. The first-order valence-electron chi connectivity index (χ1n) is 6.07. The van der Waals surface area contributed by atoms with E-state index in [4.69, 9.17) is 0 Å². The van der Waals surface area contributed by atoms with Crippen LogP contribution in [0.4, 0.5) is 0 Å². The molecule has 0 saturated carbocycles. The van der Waals surface area contributed by atoms with Gasteiger partial charge in [0.05, 0.1) is 0 Å². The maximum atomic E-state index is 4.36. The third-order valence-corrected chi connectivity index (χ3v) is 3.75. The van der Waals surface area contributed by atoms with Crippen molar-refractivity contribution in [3.63, 3.8) is 0 Å². The van der Waals surface area contributed by atoms with Crippen LogP contribution < -0.4 is 5.32 Å². The zero-order valence-corrected chi connectivity index (χ0v) is 11.1. The second kappa shape index (κ2) is 5.94. The highest BCUT2D eigenvalue weighted by atomic mass is 32.1. The second-order valence-electron chi connectivity index (χ2n) is 4.00. The Morgan fingerprint density at radius 3 is 2.88 bits per heavy atom. The Morgan fingerprint density at radius 2 is 2.24 bits per heavy atom. The molecule has 2 aromatic rings. The van der Waals surface area contributed by atoms with E-state index in [9.17, 15) is 0 Å². The highest BCUT2D eigenvalue weighted by Gasteiger charge is 2.09. The lowest BCUT2D eigenvalue weighted by Crippen LogP contribution is -2.20. The number of aromatic nitrogens is 1. The van der Waals surface area contributed by atoms with Gasteiger partial charge in [0, 0.05) is 28.9 Å². The van der Waals surface area contributed by atoms with Gasteiger partial charge in [0.2, 0.25) is 0 Å². The van der Waals surface area contributed by atoms with E-state index >= 15 is 0 Å². The van der Waals surface area contributed by atoms with E-state index in [1.807, 2.05) is 12.4 Å². The lowest BCUT2D eigenvalue weighted by Gasteiger charge is -2.16. The van der Waals surface area contributed by atoms with Gasteiger partial charge in [-0.05, 0) is 36.0 Å². The topological polar surface area (TPSA) is 24.9 Å². The van der Waals surface area contributed by atoms with Crippen LogP contribution in [-0.2, 0) is 0 Å². The van der Waals surface area contributed by atoms with Crippen LogP contribution in [0.15, 0.2) is 36.0 Å². The normalized spacial score (nSPS) is 12.6. The molecule has 17 heavy (non-hydrogen) atoms. The van der Waals surface area contributed by atoms with Gasteiger partial charge in [0.25, 0.3) is 0 Å². The summed E-state index contributed by atoms with van der Waals surface area (Å²) >= 11 is 1.76. The van der Waals surface area contributed by atoms with Crippen molar-refractivity contribution in [2.45, 2.75) is 26.3 Å². The number of hydrogen-bond donors (Lipinski definition) is 1. The van der Waals surface area contributed by atoms with Crippen molar-refractivity contribution in [1.82, 2.24) is 10.3 Å². The maximum absolute atomic E-state index is 4.36. The molecule has 0 aliphatic rings. The van der Waals surface area contributed by atoms with Gasteiger partial charge < -0.3 is 5.32 Å². The molecular weight excluding hydrogens is 228 g/mol. The Balaban J connectivity index is 2.27. The molecule has 0 radical (unpaired) electrons. The first kappa shape index (κ1) is 12.3. The molecule has 1 N–H and O–H groups in total. The quantitative estimate of drug-likeness (QED) is 0.866. The van der Waals surface area contributed by atoms with E-state index in [1.54, 1.807) is 11.3 Å². The highest BCUT2D eigenvalue weighted by molar-refractivity contribution is 7.13. The van der Waals surface area contributed by atoms with E-state index in [0.717, 1.165) is 13.0 Å². The largest absolute Gasteiger partial charge is 0.310 e. The first-order valence-corrected chi connectivity index (χ1v) is 6.95. The van der Waals surface area contributed by atoms with Crippen LogP contribution >= 0.6 is 11.3 Å². The molecule has 2 nitrogen and oxygen atoms in total. The molecular formula is C14H18N2S. The highest BCUT2D eigenvalue weighted by Crippen LogP contribution is 2.26. The van der Waals surface area contributed by atoms with Crippen LogP contribution in [0.5, 0.6) is 0 Å². The zero-order chi connectivity index (χ0) is 12.1. The zero-order valence-electron chi connectivity index (χ0n) is 10.3. The fourth-order valence-electron chi connectivity index (χ4n) is 1.97. The molecule has 0 bridgehead atoms. The minimum absolute atomic E-state index is 0.410. The van der Waals surface area contributed by atoms with Crippen molar-refractivity contribution in [1.29, 1.82) is 0 Å². The van der Waals surface area contributed by atoms with Gasteiger partial charge in [0.1, 0.15) is 0 Å². The number of hydrogen-bond acceptors (Lipinski definition) is 3. The van der Waals surface area contributed by atoms with E-state index in [-0.39, 0.29) is 0 Å². The fourth-order valence-corrected chi connectivity index (χ4v) is 2.68. The summed E-state index contributed by atoms with van der Waals surface area (Å²) in [5, 5.41) is 5.59. The molecule has 0 aliphatic carbocycles. The second-order valence-corrected chi connectivity index (χ2v) is 4.95. The first-order chi connectivity index (χ1) is 8.35.